The van der Waals surface area contributed by atoms with Crippen molar-refractivity contribution in [1.82, 2.24) is 19.9 Å². The van der Waals surface area contributed by atoms with Crippen molar-refractivity contribution in [2.24, 2.45) is 0 Å². The largest absolute Gasteiger partial charge is 0.489 e. The quantitative estimate of drug-likeness (QED) is 0.0312. The zero-order chi connectivity index (χ0) is 86.3. The van der Waals surface area contributed by atoms with Crippen molar-refractivity contribution < 1.29 is 65.8 Å². The lowest BCUT2D eigenvalue weighted by molar-refractivity contribution is 0.00578. The Kier molecular flexibility index (Phi) is 34.3. The Morgan fingerprint density at radius 2 is 0.849 bits per heavy atom. The summed E-state index contributed by atoms with van der Waals surface area (Å²) in [7, 11) is -0.241. The van der Waals surface area contributed by atoms with Crippen molar-refractivity contribution in [2.75, 3.05) is 33.2 Å². The minimum Gasteiger partial charge on any atom is -0.467 e. The summed E-state index contributed by atoms with van der Waals surface area (Å²) in [4.78, 5) is 64.7. The van der Waals surface area contributed by atoms with Gasteiger partial charge in [-0.3, -0.25) is 14.7 Å². The Morgan fingerprint density at radius 1 is 0.529 bits per heavy atom. The second-order valence-electron chi connectivity index (χ2n) is 32.1. The molecule has 3 N–H and O–H groups in total. The number of aliphatic hydroxyl groups excluding tert-OH is 2. The van der Waals surface area contributed by atoms with E-state index < -0.39 is 35.1 Å². The number of furan rings is 4. The van der Waals surface area contributed by atoms with Gasteiger partial charge in [0.25, 0.3) is 0 Å². The van der Waals surface area contributed by atoms with Gasteiger partial charge in [-0.15, -0.1) is 64.3 Å². The van der Waals surface area contributed by atoms with Crippen LogP contribution in [0.25, 0.3) is 46.4 Å². The second kappa shape index (κ2) is 41.3. The molecule has 13 heterocycles. The number of halogens is 6. The first-order valence-electron chi connectivity index (χ1n) is 37.5. The molecule has 3 amide bonds. The highest BCUT2D eigenvalue weighted by molar-refractivity contribution is 14.1. The molecule has 13 rings (SSSR count). The number of aryl methyl sites for hydroxylation is 4. The van der Waals surface area contributed by atoms with Gasteiger partial charge in [-0.2, -0.15) is 0 Å². The summed E-state index contributed by atoms with van der Waals surface area (Å²) in [5.74, 6) is 2.82. The molecule has 0 aromatic carbocycles. The van der Waals surface area contributed by atoms with Crippen LogP contribution < -0.4 is 20.0 Å². The highest BCUT2D eigenvalue weighted by atomic mass is 127. The number of rotatable bonds is 18. The Labute approximate surface area is 752 Å². The van der Waals surface area contributed by atoms with Crippen LogP contribution in [0.15, 0.2) is 134 Å². The van der Waals surface area contributed by atoms with Crippen molar-refractivity contribution in [3.05, 3.63) is 200 Å². The molecule has 2 unspecified atom stereocenters. The van der Waals surface area contributed by atoms with Crippen molar-refractivity contribution in [3.8, 4) is 0 Å². The van der Waals surface area contributed by atoms with E-state index in [0.717, 1.165) is 103 Å². The van der Waals surface area contributed by atoms with Crippen molar-refractivity contribution in [3.63, 3.8) is 0 Å². The zero-order valence-corrected chi connectivity index (χ0v) is 79.2. The number of fused-ring (bicyclic) bond motifs is 4. The third-order valence-electron chi connectivity index (χ3n) is 18.2. The Hall–Kier alpha value is -7.27. The molecule has 1 aliphatic rings. The van der Waals surface area contributed by atoms with E-state index in [0.29, 0.717) is 56.3 Å². The number of nitrogens with zero attached hydrogens (tertiary/aromatic N) is 7. The van der Waals surface area contributed by atoms with E-state index in [9.17, 15) is 24.6 Å². The van der Waals surface area contributed by atoms with Crippen molar-refractivity contribution >= 4 is 221 Å². The van der Waals surface area contributed by atoms with Crippen LogP contribution in [0.2, 0.25) is 20.6 Å². The number of anilines is 4. The summed E-state index contributed by atoms with van der Waals surface area (Å²) in [5, 5.41) is 23.8. The van der Waals surface area contributed by atoms with Crippen LogP contribution >= 0.6 is 127 Å². The van der Waals surface area contributed by atoms with Gasteiger partial charge in [0.1, 0.15) is 60.5 Å². The van der Waals surface area contributed by atoms with Gasteiger partial charge >= 0.3 is 25.4 Å². The van der Waals surface area contributed by atoms with Gasteiger partial charge in [0.15, 0.2) is 0 Å². The van der Waals surface area contributed by atoms with E-state index >= 15 is 0 Å². The number of hydrogen-bond donors (Lipinski definition) is 3. The van der Waals surface area contributed by atoms with Gasteiger partial charge in [0, 0.05) is 50.7 Å². The summed E-state index contributed by atoms with van der Waals surface area (Å²) >= 11 is 33.6. The van der Waals surface area contributed by atoms with Gasteiger partial charge in [0.2, 0.25) is 0 Å². The molecule has 12 aromatic rings. The van der Waals surface area contributed by atoms with E-state index in [1.165, 1.54) is 21.1 Å². The van der Waals surface area contributed by atoms with Crippen molar-refractivity contribution in [1.29, 1.82) is 0 Å². The van der Waals surface area contributed by atoms with Crippen LogP contribution in [-0.4, -0.2) is 96.8 Å². The van der Waals surface area contributed by atoms with E-state index in [1.54, 1.807) is 106 Å². The SMILES string of the molecule is C.C=C(C)B1OC(C)(C)C(C)(C)O1.C=C(C)c1sc2c(N(Cc3ccco3)C(=O)OC(C)(C)C)cc(Cl)nc2c1C.Cc1c(C(C)CO)sc2c(N(Cc3ccco3)C(=O)OC(C)(C)C)cc(Cl)nc12.Cc1c(C(C)CO)sc2c(NCc3ccco3)cc(Cl)nc12.Cc1c(I)sc2c(N(Cc3ccco3)C(=O)OC(C)(C)C)cc(Cl)nc12.Cl. The monoisotopic (exact) mass is 1910 g/mol. The van der Waals surface area contributed by atoms with Gasteiger partial charge in [-0.25, -0.2) is 34.3 Å². The third-order valence-corrected chi connectivity index (χ3v) is 26.1. The summed E-state index contributed by atoms with van der Waals surface area (Å²) in [6.07, 6.45) is 4.94. The predicted octanol–water partition coefficient (Wildman–Crippen LogP) is 26.9. The Balaban J connectivity index is 0.000000209. The molecule has 12 aromatic heterocycles. The smallest absolute Gasteiger partial charge is 0.467 e. The maximum atomic E-state index is 13.1. The molecule has 22 nitrogen and oxygen atoms in total. The van der Waals surface area contributed by atoms with Gasteiger partial charge in [-0.05, 0) is 230 Å². The number of ether oxygens (including phenoxy) is 3. The number of amides is 3. The highest BCUT2D eigenvalue weighted by Crippen LogP contribution is 2.46. The summed E-state index contributed by atoms with van der Waals surface area (Å²) < 4.78 is 54.8. The van der Waals surface area contributed by atoms with Crippen LogP contribution in [0, 0.1) is 30.6 Å². The average molecular weight is 1920 g/mol. The predicted molar refractivity (Wildman–Crippen MR) is 500 cm³/mol. The molecule has 0 bridgehead atoms. The van der Waals surface area contributed by atoms with Crippen LogP contribution in [0.3, 0.4) is 0 Å². The molecule has 0 aliphatic carbocycles. The third kappa shape index (κ3) is 25.2. The standard InChI is InChI=1S/C21H25ClN2O4S.C21H23ClN2O3S.C18H18ClIN2O3S.C16H17ClN2O2S.C9H17BO2.CH4.ClH/c1-12(11-25)18-13(2)17-19(29-18)15(9-16(22)23-17)24(10-14-7-6-8-27-14)20(26)28-21(3,4)5;1-12(2)18-13(3)17-19(28-18)15(10-16(22)23-17)24(11-14-8-7-9-26-14)20(25)27-21(4,5)6;1-10-14-15(26-16(10)20)12(8-13(19)21-14)22(9-11-6-5-7-24-11)17(23)25-18(2,3)4;1-9(8-20)15-10(2)14-16(22-15)12(6-13(17)19-14)18-7-11-4-3-5-21-11;1-7(2)10-11-8(3,4)9(5,6)12-10;;/h6-9,12,25H,10-11H2,1-5H3;7-10H,1,11H2,2-6H3;5-8H,9H2,1-4H3;3-6,9,20H,7-8H2,1-2H3,(H,18,19);1H2,2-6H3;1H4;1H. The van der Waals surface area contributed by atoms with Crippen LogP contribution in [0.1, 0.15) is 197 Å². The number of aromatic nitrogens is 4. The van der Waals surface area contributed by atoms with Crippen molar-refractivity contribution in [2.45, 2.75) is 219 Å². The summed E-state index contributed by atoms with van der Waals surface area (Å²) in [6, 6.07) is 21.5. The lowest BCUT2D eigenvalue weighted by Crippen LogP contribution is -2.41. The molecule has 1 aliphatic heterocycles. The number of allylic oxidation sites excluding steroid dienone is 2. The number of aliphatic hydroxyl groups is 2. The highest BCUT2D eigenvalue weighted by Gasteiger charge is 2.51. The molecule has 0 radical (unpaired) electrons. The molecule has 1 saturated heterocycles. The van der Waals surface area contributed by atoms with E-state index in [-0.39, 0.29) is 88.0 Å². The van der Waals surface area contributed by atoms with Crippen LogP contribution in [0.5, 0.6) is 0 Å². The molecule has 119 heavy (non-hydrogen) atoms. The fourth-order valence-corrected chi connectivity index (χ4v) is 18.3. The molecule has 1 fully saturated rings. The van der Waals surface area contributed by atoms with E-state index in [2.05, 4.69) is 61.0 Å². The van der Waals surface area contributed by atoms with Gasteiger partial charge in [0.05, 0.1) is 142 Å². The second-order valence-corrected chi connectivity index (χ2v) is 39.6. The van der Waals surface area contributed by atoms with E-state index in [1.807, 2.05) is 176 Å². The first kappa shape index (κ1) is 98.8. The van der Waals surface area contributed by atoms with Crippen LogP contribution in [0.4, 0.5) is 37.1 Å². The number of nitrogens with one attached hydrogen (secondary N) is 1. The molecule has 0 saturated carbocycles. The maximum absolute atomic E-state index is 13.1. The minimum atomic E-state index is -0.656. The lowest BCUT2D eigenvalue weighted by atomic mass is 9.81. The number of carbonyl (C=O) groups is 3. The number of thiophene rings is 4. The molecular weight excluding hydrogens is 1810 g/mol. The molecule has 33 heteroatoms. The average Bonchev–Trinajstić information content (AvgIpc) is 1.62. The topological polar surface area (TPSA) is 264 Å². The molecule has 2 atom stereocenters. The van der Waals surface area contributed by atoms with Crippen LogP contribution in [-0.2, 0) is 49.7 Å². The zero-order valence-electron chi connectivity index (χ0n) is 70.0. The Morgan fingerprint density at radius 3 is 1.18 bits per heavy atom. The first-order chi connectivity index (χ1) is 54.7. The molecule has 0 spiro atoms. The fourth-order valence-electron chi connectivity index (χ4n) is 11.8. The number of carbonyl (C=O) groups excluding carboxylic acids is 3. The lowest BCUT2D eigenvalue weighted by Gasteiger charge is -2.32. The fraction of sp³-hybridized carbons (Fsp3) is 0.407. The molecule has 642 valence electrons. The first-order valence-corrected chi connectivity index (χ1v) is 43.3. The number of pyridine rings is 4. The van der Waals surface area contributed by atoms with Gasteiger partial charge in [-0.1, -0.05) is 79.7 Å². The summed E-state index contributed by atoms with van der Waals surface area (Å²) in [6.45, 7) is 49.7. The maximum Gasteiger partial charge on any atom is 0.489 e. The van der Waals surface area contributed by atoms with E-state index in [4.69, 9.17) is 87.6 Å². The Bertz CT molecular complexity index is 5460. The van der Waals surface area contributed by atoms with Gasteiger partial charge < -0.3 is 56.7 Å². The minimum absolute atomic E-state index is 0. The normalized spacial score (nSPS) is 13.4. The number of hydrogen-bond acceptors (Lipinski definition) is 23. The summed E-state index contributed by atoms with van der Waals surface area (Å²) in [5.41, 5.74) is 9.61. The molecular formula is C86H105BCl5IN8O14S4.